The molecule has 0 aromatic carbocycles. The quantitative estimate of drug-likeness (QED) is 0.754. The van der Waals surface area contributed by atoms with E-state index in [0.29, 0.717) is 12.5 Å². The highest BCUT2D eigenvalue weighted by Gasteiger charge is 2.51. The van der Waals surface area contributed by atoms with Crippen molar-refractivity contribution in [1.29, 1.82) is 0 Å². The summed E-state index contributed by atoms with van der Waals surface area (Å²) in [7, 11) is 0. The monoisotopic (exact) mass is 279 g/mol. The maximum Gasteiger partial charge on any atom is 0.307 e. The van der Waals surface area contributed by atoms with Crippen molar-refractivity contribution >= 4 is 11.9 Å². The number of carbonyl (C=O) groups excluding carboxylic acids is 1. The van der Waals surface area contributed by atoms with Gasteiger partial charge in [0.05, 0.1) is 17.9 Å². The van der Waals surface area contributed by atoms with Crippen LogP contribution in [0.5, 0.6) is 0 Å². The van der Waals surface area contributed by atoms with E-state index in [4.69, 9.17) is 4.74 Å². The first-order chi connectivity index (χ1) is 9.58. The zero-order valence-corrected chi connectivity index (χ0v) is 11.6. The van der Waals surface area contributed by atoms with E-state index in [1.165, 1.54) is 0 Å². The largest absolute Gasteiger partial charge is 0.481 e. The number of nitrogens with one attached hydrogen (secondary N) is 1. The van der Waals surface area contributed by atoms with Crippen molar-refractivity contribution in [1.82, 2.24) is 5.32 Å². The first kappa shape index (κ1) is 13.6. The summed E-state index contributed by atoms with van der Waals surface area (Å²) in [6.07, 6.45) is 5.90. The summed E-state index contributed by atoms with van der Waals surface area (Å²) in [6.45, 7) is 3.35. The van der Waals surface area contributed by atoms with Crippen molar-refractivity contribution in [2.45, 2.75) is 25.9 Å². The van der Waals surface area contributed by atoms with Crippen molar-refractivity contribution in [3.8, 4) is 0 Å². The number of carboxylic acids is 1. The molecule has 3 rings (SSSR count). The summed E-state index contributed by atoms with van der Waals surface area (Å²) in [6, 6.07) is 0. The van der Waals surface area contributed by atoms with E-state index in [-0.39, 0.29) is 23.8 Å². The molecule has 1 saturated heterocycles. The first-order valence-electron chi connectivity index (χ1n) is 7.38. The third kappa shape index (κ3) is 2.24. The second-order valence-electron chi connectivity index (χ2n) is 6.21. The van der Waals surface area contributed by atoms with E-state index in [1.54, 1.807) is 0 Å². The fourth-order valence-corrected chi connectivity index (χ4v) is 3.91. The van der Waals surface area contributed by atoms with Gasteiger partial charge in [-0.25, -0.2) is 0 Å². The molecule has 6 atom stereocenters. The summed E-state index contributed by atoms with van der Waals surface area (Å²) >= 11 is 0. The molecule has 20 heavy (non-hydrogen) atoms. The van der Waals surface area contributed by atoms with Crippen LogP contribution in [-0.2, 0) is 14.3 Å². The van der Waals surface area contributed by atoms with Gasteiger partial charge in [0.2, 0.25) is 5.91 Å². The maximum atomic E-state index is 12.4. The van der Waals surface area contributed by atoms with Gasteiger partial charge in [0, 0.05) is 19.1 Å². The fraction of sp³-hybridized carbons (Fsp3) is 0.733. The van der Waals surface area contributed by atoms with Crippen LogP contribution in [0, 0.1) is 29.6 Å². The van der Waals surface area contributed by atoms with E-state index in [0.717, 1.165) is 19.4 Å². The number of ether oxygens (including phenoxy) is 1. The molecular weight excluding hydrogens is 258 g/mol. The van der Waals surface area contributed by atoms with Gasteiger partial charge in [-0.15, -0.1) is 0 Å². The molecule has 1 heterocycles. The fourth-order valence-electron chi connectivity index (χ4n) is 3.91. The van der Waals surface area contributed by atoms with Gasteiger partial charge >= 0.3 is 5.97 Å². The Bertz CT molecular complexity index is 447. The number of aliphatic carboxylic acids is 1. The van der Waals surface area contributed by atoms with Gasteiger partial charge in [0.15, 0.2) is 0 Å². The standard InChI is InChI=1S/C15H21NO4/c1-8-11(4-5-20-8)7-16-14(17)12-9-2-3-10(6-9)13(12)15(18)19/h2-3,8-13H,4-7H2,1H3,(H,16,17)(H,18,19). The van der Waals surface area contributed by atoms with Crippen LogP contribution >= 0.6 is 0 Å². The van der Waals surface area contributed by atoms with Gasteiger partial charge in [0.1, 0.15) is 0 Å². The number of fused-ring (bicyclic) bond motifs is 2. The van der Waals surface area contributed by atoms with E-state index >= 15 is 0 Å². The summed E-state index contributed by atoms with van der Waals surface area (Å²) in [5, 5.41) is 12.3. The summed E-state index contributed by atoms with van der Waals surface area (Å²) in [5.41, 5.74) is 0. The molecule has 3 aliphatic rings. The smallest absolute Gasteiger partial charge is 0.307 e. The van der Waals surface area contributed by atoms with Crippen LogP contribution in [0.25, 0.3) is 0 Å². The molecule has 2 bridgehead atoms. The molecular formula is C15H21NO4. The van der Waals surface area contributed by atoms with Crippen LogP contribution in [0.4, 0.5) is 0 Å². The third-order valence-electron chi connectivity index (χ3n) is 5.12. The second kappa shape index (κ2) is 5.20. The molecule has 110 valence electrons. The Balaban J connectivity index is 1.61. The van der Waals surface area contributed by atoms with E-state index in [1.807, 2.05) is 19.1 Å². The molecule has 1 aliphatic heterocycles. The Hall–Kier alpha value is -1.36. The van der Waals surface area contributed by atoms with Crippen LogP contribution in [0.15, 0.2) is 12.2 Å². The lowest BCUT2D eigenvalue weighted by Crippen LogP contribution is -2.42. The van der Waals surface area contributed by atoms with Crippen molar-refractivity contribution in [3.63, 3.8) is 0 Å². The van der Waals surface area contributed by atoms with E-state index in [2.05, 4.69) is 5.32 Å². The molecule has 5 nitrogen and oxygen atoms in total. The minimum Gasteiger partial charge on any atom is -0.481 e. The Labute approximate surface area is 118 Å². The van der Waals surface area contributed by atoms with Crippen molar-refractivity contribution in [3.05, 3.63) is 12.2 Å². The normalized spacial score (nSPS) is 42.0. The Morgan fingerprint density at radius 1 is 1.30 bits per heavy atom. The SMILES string of the molecule is CC1OCCC1CNC(=O)C1C2C=CC(C2)C1C(=O)O. The number of carboxylic acid groups (broad SMARTS) is 1. The molecule has 0 spiro atoms. The Kier molecular flexibility index (Phi) is 3.54. The average Bonchev–Trinajstić information content (AvgIpc) is 3.10. The lowest BCUT2D eigenvalue weighted by atomic mass is 9.82. The lowest BCUT2D eigenvalue weighted by Gasteiger charge is -2.25. The predicted octanol–water partition coefficient (Wildman–Crippen LogP) is 1.05. The molecule has 2 N–H and O–H groups in total. The zero-order chi connectivity index (χ0) is 14.3. The number of amides is 1. The van der Waals surface area contributed by atoms with Crippen molar-refractivity contribution in [2.24, 2.45) is 29.6 Å². The van der Waals surface area contributed by atoms with Gasteiger partial charge < -0.3 is 15.2 Å². The van der Waals surface area contributed by atoms with Crippen LogP contribution in [0.2, 0.25) is 0 Å². The average molecular weight is 279 g/mol. The molecule has 6 unspecified atom stereocenters. The molecule has 1 saturated carbocycles. The van der Waals surface area contributed by atoms with Crippen LogP contribution in [-0.4, -0.2) is 36.2 Å². The van der Waals surface area contributed by atoms with Crippen LogP contribution in [0.1, 0.15) is 19.8 Å². The Morgan fingerprint density at radius 3 is 2.60 bits per heavy atom. The topological polar surface area (TPSA) is 75.6 Å². The van der Waals surface area contributed by atoms with Crippen molar-refractivity contribution < 1.29 is 19.4 Å². The summed E-state index contributed by atoms with van der Waals surface area (Å²) < 4.78 is 5.48. The van der Waals surface area contributed by atoms with Crippen LogP contribution < -0.4 is 5.32 Å². The molecule has 0 aromatic rings. The molecule has 1 amide bonds. The second-order valence-corrected chi connectivity index (χ2v) is 6.21. The highest BCUT2D eigenvalue weighted by Crippen LogP contribution is 2.48. The summed E-state index contributed by atoms with van der Waals surface area (Å²) in [5.74, 6) is -1.44. The third-order valence-corrected chi connectivity index (χ3v) is 5.12. The van der Waals surface area contributed by atoms with Crippen LogP contribution in [0.3, 0.4) is 0 Å². The molecule has 5 heteroatoms. The van der Waals surface area contributed by atoms with Gasteiger partial charge in [-0.05, 0) is 31.6 Å². The number of rotatable bonds is 4. The predicted molar refractivity (Wildman–Crippen MR) is 71.9 cm³/mol. The maximum absolute atomic E-state index is 12.4. The number of hydrogen-bond acceptors (Lipinski definition) is 3. The minimum absolute atomic E-state index is 0.0296. The lowest BCUT2D eigenvalue weighted by molar-refractivity contribution is -0.147. The molecule has 2 aliphatic carbocycles. The van der Waals surface area contributed by atoms with Gasteiger partial charge in [-0.2, -0.15) is 0 Å². The van der Waals surface area contributed by atoms with E-state index < -0.39 is 17.8 Å². The van der Waals surface area contributed by atoms with Crippen molar-refractivity contribution in [2.75, 3.05) is 13.2 Å². The molecule has 0 radical (unpaired) electrons. The zero-order valence-electron chi connectivity index (χ0n) is 11.6. The van der Waals surface area contributed by atoms with E-state index in [9.17, 15) is 14.7 Å². The molecule has 0 aromatic heterocycles. The number of hydrogen-bond donors (Lipinski definition) is 2. The summed E-state index contributed by atoms with van der Waals surface area (Å²) in [4.78, 5) is 23.7. The van der Waals surface area contributed by atoms with Gasteiger partial charge in [-0.3, -0.25) is 9.59 Å². The number of carbonyl (C=O) groups is 2. The van der Waals surface area contributed by atoms with Gasteiger partial charge in [0.25, 0.3) is 0 Å². The minimum atomic E-state index is -0.848. The molecule has 2 fully saturated rings. The first-order valence-corrected chi connectivity index (χ1v) is 7.38. The Morgan fingerprint density at radius 2 is 2.00 bits per heavy atom. The highest BCUT2D eigenvalue weighted by atomic mass is 16.5. The highest BCUT2D eigenvalue weighted by molar-refractivity contribution is 5.86. The van der Waals surface area contributed by atoms with Gasteiger partial charge in [-0.1, -0.05) is 12.2 Å². The number of allylic oxidation sites excluding steroid dienone is 2.